The number of hydrogen-bond donors (Lipinski definition) is 1. The minimum absolute atomic E-state index is 0.0483. The zero-order chi connectivity index (χ0) is 19.3. The third kappa shape index (κ3) is 4.66. The van der Waals surface area contributed by atoms with Crippen LogP contribution in [0.25, 0.3) is 0 Å². The van der Waals surface area contributed by atoms with Crippen molar-refractivity contribution in [1.82, 2.24) is 0 Å². The van der Waals surface area contributed by atoms with Crippen molar-refractivity contribution in [3.8, 4) is 0 Å². The molecule has 1 N–H and O–H groups in total. The number of nitrogens with zero attached hydrogens (tertiary/aromatic N) is 1. The molecule has 7 nitrogen and oxygen atoms in total. The molecule has 0 fully saturated rings. The van der Waals surface area contributed by atoms with E-state index in [1.54, 1.807) is 57.2 Å². The molecule has 0 radical (unpaired) electrons. The molecule has 7 heteroatoms. The summed E-state index contributed by atoms with van der Waals surface area (Å²) in [4.78, 5) is 35.4. The van der Waals surface area contributed by atoms with Gasteiger partial charge in [-0.15, -0.1) is 0 Å². The van der Waals surface area contributed by atoms with Crippen molar-refractivity contribution < 1.29 is 19.2 Å². The molecule has 0 spiro atoms. The lowest BCUT2D eigenvalue weighted by molar-refractivity contribution is -0.384. The summed E-state index contributed by atoms with van der Waals surface area (Å²) in [5.41, 5.74) is 1.00. The standard InChI is InChI=1S/C19H20N2O5/c1-12(2)19(23)26-17(14-7-5-4-6-8-14)18(22)20-15-10-9-13(3)11-16(15)21(24)25/h4-12,17H,1-3H3,(H,20,22)/t17-/m0/s1. The van der Waals surface area contributed by atoms with E-state index in [0.29, 0.717) is 11.1 Å². The first-order valence-electron chi connectivity index (χ1n) is 8.11. The van der Waals surface area contributed by atoms with Gasteiger partial charge in [0.15, 0.2) is 0 Å². The molecule has 2 rings (SSSR count). The number of anilines is 1. The maximum Gasteiger partial charge on any atom is 0.309 e. The van der Waals surface area contributed by atoms with Gasteiger partial charge >= 0.3 is 5.97 Å². The van der Waals surface area contributed by atoms with Crippen LogP contribution in [0.5, 0.6) is 0 Å². The Labute approximate surface area is 151 Å². The summed E-state index contributed by atoms with van der Waals surface area (Å²) in [5.74, 6) is -1.60. The second-order valence-electron chi connectivity index (χ2n) is 6.15. The van der Waals surface area contributed by atoms with Crippen LogP contribution in [0.1, 0.15) is 31.1 Å². The maximum absolute atomic E-state index is 12.7. The van der Waals surface area contributed by atoms with E-state index >= 15 is 0 Å². The molecular formula is C19H20N2O5. The highest BCUT2D eigenvalue weighted by atomic mass is 16.6. The number of aryl methyl sites for hydroxylation is 1. The summed E-state index contributed by atoms with van der Waals surface area (Å²) in [6.07, 6.45) is -1.20. The first-order valence-corrected chi connectivity index (χ1v) is 8.11. The van der Waals surface area contributed by atoms with Gasteiger partial charge in [0.1, 0.15) is 5.69 Å². The molecule has 0 saturated carbocycles. The van der Waals surface area contributed by atoms with E-state index in [2.05, 4.69) is 5.32 Å². The molecule has 1 atom stereocenters. The second-order valence-corrected chi connectivity index (χ2v) is 6.15. The Balaban J connectivity index is 2.33. The van der Waals surface area contributed by atoms with Crippen LogP contribution >= 0.6 is 0 Å². The van der Waals surface area contributed by atoms with E-state index in [1.807, 2.05) is 0 Å². The van der Waals surface area contributed by atoms with E-state index in [0.717, 1.165) is 0 Å². The molecular weight excluding hydrogens is 336 g/mol. The number of esters is 1. The number of rotatable bonds is 6. The Morgan fingerprint density at radius 2 is 1.77 bits per heavy atom. The fourth-order valence-corrected chi connectivity index (χ4v) is 2.25. The van der Waals surface area contributed by atoms with Gasteiger partial charge in [-0.05, 0) is 18.6 Å². The summed E-state index contributed by atoms with van der Waals surface area (Å²) < 4.78 is 5.34. The van der Waals surface area contributed by atoms with E-state index < -0.39 is 28.8 Å². The Bertz CT molecular complexity index is 818. The largest absolute Gasteiger partial charge is 0.447 e. The lowest BCUT2D eigenvalue weighted by atomic mass is 10.1. The molecule has 0 aromatic heterocycles. The summed E-state index contributed by atoms with van der Waals surface area (Å²) in [6.45, 7) is 5.04. The molecule has 0 bridgehead atoms. The Hall–Kier alpha value is -3.22. The molecule has 26 heavy (non-hydrogen) atoms. The van der Waals surface area contributed by atoms with Gasteiger partial charge in [-0.2, -0.15) is 0 Å². The molecule has 0 aliphatic heterocycles. The van der Waals surface area contributed by atoms with Crippen LogP contribution in [0, 0.1) is 23.0 Å². The molecule has 2 aromatic carbocycles. The van der Waals surface area contributed by atoms with Crippen molar-refractivity contribution in [3.05, 3.63) is 69.8 Å². The molecule has 2 aromatic rings. The smallest absolute Gasteiger partial charge is 0.309 e. The SMILES string of the molecule is Cc1ccc(NC(=O)[C@@H](OC(=O)C(C)C)c2ccccc2)c([N+](=O)[O-])c1. The van der Waals surface area contributed by atoms with Gasteiger partial charge in [-0.25, -0.2) is 0 Å². The summed E-state index contributed by atoms with van der Waals surface area (Å²) in [7, 11) is 0. The highest BCUT2D eigenvalue weighted by Crippen LogP contribution is 2.28. The fraction of sp³-hybridized carbons (Fsp3) is 0.263. The zero-order valence-electron chi connectivity index (χ0n) is 14.8. The van der Waals surface area contributed by atoms with Crippen molar-refractivity contribution >= 4 is 23.3 Å². The van der Waals surface area contributed by atoms with Crippen LogP contribution in [0.4, 0.5) is 11.4 Å². The highest BCUT2D eigenvalue weighted by molar-refractivity contribution is 5.97. The molecule has 0 heterocycles. The molecule has 0 unspecified atom stereocenters. The van der Waals surface area contributed by atoms with E-state index in [9.17, 15) is 19.7 Å². The van der Waals surface area contributed by atoms with Gasteiger partial charge in [0.05, 0.1) is 10.8 Å². The fourth-order valence-electron chi connectivity index (χ4n) is 2.25. The van der Waals surface area contributed by atoms with Gasteiger partial charge in [0, 0.05) is 11.6 Å². The van der Waals surface area contributed by atoms with Crippen molar-refractivity contribution in [1.29, 1.82) is 0 Å². The first-order chi connectivity index (χ1) is 12.3. The average Bonchev–Trinajstić information content (AvgIpc) is 2.61. The third-order valence-corrected chi connectivity index (χ3v) is 3.65. The topological polar surface area (TPSA) is 98.5 Å². The van der Waals surface area contributed by atoms with Crippen LogP contribution < -0.4 is 5.32 Å². The summed E-state index contributed by atoms with van der Waals surface area (Å²) in [6, 6.07) is 13.0. The quantitative estimate of drug-likeness (QED) is 0.482. The molecule has 1 amide bonds. The summed E-state index contributed by atoms with van der Waals surface area (Å²) >= 11 is 0. The molecule has 0 saturated heterocycles. The second kappa shape index (κ2) is 8.24. The van der Waals surface area contributed by atoms with E-state index in [4.69, 9.17) is 4.74 Å². The van der Waals surface area contributed by atoms with Crippen molar-refractivity contribution in [2.24, 2.45) is 5.92 Å². The van der Waals surface area contributed by atoms with Crippen LogP contribution in [-0.2, 0) is 14.3 Å². The number of hydrogen-bond acceptors (Lipinski definition) is 5. The summed E-state index contributed by atoms with van der Waals surface area (Å²) in [5, 5.41) is 13.7. The van der Waals surface area contributed by atoms with Crippen LogP contribution in [0.15, 0.2) is 48.5 Å². The number of nitro benzene ring substituents is 1. The highest BCUT2D eigenvalue weighted by Gasteiger charge is 2.28. The van der Waals surface area contributed by atoms with Crippen molar-refractivity contribution in [2.45, 2.75) is 26.9 Å². The van der Waals surface area contributed by atoms with Gasteiger partial charge in [-0.3, -0.25) is 19.7 Å². The minimum Gasteiger partial charge on any atom is -0.447 e. The van der Waals surface area contributed by atoms with Crippen LogP contribution in [0.2, 0.25) is 0 Å². The predicted molar refractivity (Wildman–Crippen MR) is 96.6 cm³/mol. The number of carbonyl (C=O) groups is 2. The number of nitro groups is 1. The zero-order valence-corrected chi connectivity index (χ0v) is 14.8. The Kier molecular flexibility index (Phi) is 6.06. The van der Waals surface area contributed by atoms with E-state index in [1.165, 1.54) is 12.1 Å². The van der Waals surface area contributed by atoms with Crippen LogP contribution in [0.3, 0.4) is 0 Å². The minimum atomic E-state index is -1.20. The number of ether oxygens (including phenoxy) is 1. The normalized spacial score (nSPS) is 11.7. The number of benzene rings is 2. The lowest BCUT2D eigenvalue weighted by Gasteiger charge is -2.19. The van der Waals surface area contributed by atoms with E-state index in [-0.39, 0.29) is 11.4 Å². The molecule has 136 valence electrons. The van der Waals surface area contributed by atoms with Crippen molar-refractivity contribution in [3.63, 3.8) is 0 Å². The number of amides is 1. The average molecular weight is 356 g/mol. The van der Waals surface area contributed by atoms with Gasteiger partial charge in [0.25, 0.3) is 11.6 Å². The van der Waals surface area contributed by atoms with Gasteiger partial charge in [0.2, 0.25) is 6.10 Å². The third-order valence-electron chi connectivity index (χ3n) is 3.65. The number of carbonyl (C=O) groups excluding carboxylic acids is 2. The lowest BCUT2D eigenvalue weighted by Crippen LogP contribution is -2.27. The molecule has 0 aliphatic rings. The molecule has 0 aliphatic carbocycles. The van der Waals surface area contributed by atoms with Gasteiger partial charge < -0.3 is 10.1 Å². The van der Waals surface area contributed by atoms with Crippen molar-refractivity contribution in [2.75, 3.05) is 5.32 Å². The Morgan fingerprint density at radius 3 is 2.35 bits per heavy atom. The van der Waals surface area contributed by atoms with Gasteiger partial charge in [-0.1, -0.05) is 50.2 Å². The van der Waals surface area contributed by atoms with Crippen LogP contribution in [-0.4, -0.2) is 16.8 Å². The first kappa shape index (κ1) is 19.1. The Morgan fingerprint density at radius 1 is 1.12 bits per heavy atom. The maximum atomic E-state index is 12.7. The monoisotopic (exact) mass is 356 g/mol. The number of nitrogens with one attached hydrogen (secondary N) is 1. The predicted octanol–water partition coefficient (Wildman–Crippen LogP) is 3.78.